The number of ether oxygens (including phenoxy) is 1. The molecule has 2 atom stereocenters. The summed E-state index contributed by atoms with van der Waals surface area (Å²) in [7, 11) is 3.09. The lowest BCUT2D eigenvalue weighted by atomic mass is 10.0. The van der Waals surface area contributed by atoms with Gasteiger partial charge in [-0.1, -0.05) is 43.0 Å². The molecular formula is C25H27N5O4S. The number of allylic oxidation sites excluding steroid dienone is 1. The topological polar surface area (TPSA) is 100 Å². The van der Waals surface area contributed by atoms with E-state index in [2.05, 4.69) is 13.0 Å². The summed E-state index contributed by atoms with van der Waals surface area (Å²) < 4.78 is 10.3. The van der Waals surface area contributed by atoms with E-state index in [1.165, 1.54) is 30.3 Å². The van der Waals surface area contributed by atoms with Gasteiger partial charge in [-0.25, -0.2) is 9.78 Å². The molecule has 182 valence electrons. The van der Waals surface area contributed by atoms with E-state index in [1.54, 1.807) is 19.2 Å². The Hall–Kier alpha value is -3.24. The Morgan fingerprint density at radius 2 is 1.89 bits per heavy atom. The fraction of sp³-hybridized carbons (Fsp3) is 0.400. The van der Waals surface area contributed by atoms with Gasteiger partial charge in [-0.15, -0.1) is 0 Å². The number of rotatable bonds is 7. The lowest BCUT2D eigenvalue weighted by Crippen LogP contribution is -2.41. The van der Waals surface area contributed by atoms with E-state index >= 15 is 0 Å². The van der Waals surface area contributed by atoms with E-state index in [-0.39, 0.29) is 18.0 Å². The molecule has 3 aliphatic rings. The van der Waals surface area contributed by atoms with Crippen LogP contribution < -0.4 is 11.2 Å². The number of carbonyl (C=O) groups is 1. The number of imidazole rings is 1. The summed E-state index contributed by atoms with van der Waals surface area (Å²) in [6.07, 6.45) is 4.00. The molecule has 0 N–H and O–H groups in total. The molecule has 2 aromatic heterocycles. The molecule has 1 fully saturated rings. The smallest absolute Gasteiger partial charge is 0.332 e. The van der Waals surface area contributed by atoms with E-state index in [9.17, 15) is 14.4 Å². The van der Waals surface area contributed by atoms with Crippen LogP contribution in [0.2, 0.25) is 0 Å². The predicted octanol–water partition coefficient (Wildman–Crippen LogP) is 2.68. The maximum Gasteiger partial charge on any atom is 0.332 e. The largest absolute Gasteiger partial charge is 0.365 e. The van der Waals surface area contributed by atoms with E-state index in [0.29, 0.717) is 34.2 Å². The van der Waals surface area contributed by atoms with Crippen LogP contribution in [0.25, 0.3) is 11.2 Å². The summed E-state index contributed by atoms with van der Waals surface area (Å²) in [4.78, 5) is 46.9. The molecule has 1 saturated heterocycles. The van der Waals surface area contributed by atoms with Gasteiger partial charge in [-0.05, 0) is 25.0 Å². The number of fused-ring (bicyclic) bond motifs is 2. The molecule has 3 aromatic rings. The zero-order valence-electron chi connectivity index (χ0n) is 20.1. The molecule has 1 aromatic carbocycles. The van der Waals surface area contributed by atoms with Crippen molar-refractivity contribution < 1.29 is 9.53 Å². The number of benzene rings is 1. The third kappa shape index (κ3) is 4.21. The Bertz CT molecular complexity index is 1500. The number of ketones is 1. The molecule has 0 spiro atoms. The highest BCUT2D eigenvalue weighted by Crippen LogP contribution is 2.32. The Labute approximate surface area is 206 Å². The van der Waals surface area contributed by atoms with Crippen molar-refractivity contribution in [3.63, 3.8) is 0 Å². The van der Waals surface area contributed by atoms with Crippen molar-refractivity contribution in [1.29, 1.82) is 0 Å². The first kappa shape index (κ1) is 23.5. The van der Waals surface area contributed by atoms with Crippen molar-refractivity contribution in [2.24, 2.45) is 19.1 Å². The second-order valence-corrected chi connectivity index (χ2v) is 9.86. The molecule has 0 radical (unpaired) electrons. The van der Waals surface area contributed by atoms with Gasteiger partial charge in [0, 0.05) is 37.5 Å². The Balaban J connectivity index is 1.55. The number of aromatic nitrogens is 4. The van der Waals surface area contributed by atoms with Crippen LogP contribution in [0, 0.1) is 0 Å². The number of thioether (sulfide) groups is 1. The van der Waals surface area contributed by atoms with Crippen molar-refractivity contribution in [1.82, 2.24) is 18.7 Å². The van der Waals surface area contributed by atoms with Crippen LogP contribution in [-0.4, -0.2) is 48.1 Å². The number of aryl methyl sites for hydroxylation is 1. The number of carbonyl (C=O) groups excluding carboxylic acids is 1. The number of Topliss-reactive ketones (excluding diaryl/α,β-unsaturated/α-hetero) is 1. The molecule has 5 heterocycles. The summed E-state index contributed by atoms with van der Waals surface area (Å²) >= 11 is 1.48. The molecule has 0 amide bonds. The Morgan fingerprint density at radius 3 is 2.54 bits per heavy atom. The number of hydrogen-bond acceptors (Lipinski definition) is 7. The minimum Gasteiger partial charge on any atom is -0.365 e. The van der Waals surface area contributed by atoms with Gasteiger partial charge in [-0.2, -0.15) is 0 Å². The summed E-state index contributed by atoms with van der Waals surface area (Å²) in [6.45, 7) is 3.98. The quantitative estimate of drug-likeness (QED) is 0.371. The molecule has 3 aliphatic heterocycles. The van der Waals surface area contributed by atoms with Crippen molar-refractivity contribution in [2.75, 3.05) is 5.75 Å². The Kier molecular flexibility index (Phi) is 6.10. The number of hydrogen-bond donors (Lipinski definition) is 0. The molecular weight excluding hydrogens is 466 g/mol. The van der Waals surface area contributed by atoms with Crippen LogP contribution in [0.1, 0.15) is 42.6 Å². The van der Waals surface area contributed by atoms with Gasteiger partial charge in [-0.3, -0.25) is 23.7 Å². The molecule has 2 unspecified atom stereocenters. The van der Waals surface area contributed by atoms with Crippen LogP contribution in [0.5, 0.6) is 0 Å². The van der Waals surface area contributed by atoms with Crippen LogP contribution in [0.15, 0.2) is 55.8 Å². The van der Waals surface area contributed by atoms with Crippen LogP contribution in [0.4, 0.5) is 0 Å². The lowest BCUT2D eigenvalue weighted by molar-refractivity contribution is -0.0560. The first-order valence-corrected chi connectivity index (χ1v) is 12.6. The van der Waals surface area contributed by atoms with Gasteiger partial charge >= 0.3 is 5.69 Å². The van der Waals surface area contributed by atoms with Crippen LogP contribution >= 0.6 is 11.8 Å². The predicted molar refractivity (Wildman–Crippen MR) is 136 cm³/mol. The Morgan fingerprint density at radius 1 is 1.17 bits per heavy atom. The van der Waals surface area contributed by atoms with Crippen molar-refractivity contribution in [3.8, 4) is 0 Å². The van der Waals surface area contributed by atoms with Crippen molar-refractivity contribution in [2.45, 2.75) is 50.6 Å². The van der Waals surface area contributed by atoms with Crippen LogP contribution in [-0.2, 0) is 25.4 Å². The third-order valence-electron chi connectivity index (χ3n) is 6.55. The standard InChI is InChI=1S/C25H27N5O4S/c1-5-17-10-18-11-20(34-18)19(26-17)13-35-24-27-22-21(23(32)29(4)25(33)28(22)3)30(24)12-15-6-8-16(9-7-15)14(2)31/h6-10,18,20H,5,11-13H2,1-4H3. The molecule has 35 heavy (non-hydrogen) atoms. The van der Waals surface area contributed by atoms with Gasteiger partial charge in [0.1, 0.15) is 0 Å². The first-order valence-electron chi connectivity index (χ1n) is 11.6. The number of nitrogens with zero attached hydrogens (tertiary/aromatic N) is 5. The van der Waals surface area contributed by atoms with E-state index in [1.807, 2.05) is 16.7 Å². The zero-order valence-corrected chi connectivity index (χ0v) is 21.0. The van der Waals surface area contributed by atoms with Gasteiger partial charge < -0.3 is 9.30 Å². The lowest BCUT2D eigenvalue weighted by Gasteiger charge is -2.33. The highest BCUT2D eigenvalue weighted by molar-refractivity contribution is 7.99. The maximum atomic E-state index is 13.1. The van der Waals surface area contributed by atoms with Gasteiger partial charge in [0.2, 0.25) is 0 Å². The minimum absolute atomic E-state index is 0.00183. The molecule has 10 heteroatoms. The van der Waals surface area contributed by atoms with E-state index in [4.69, 9.17) is 14.7 Å². The number of aliphatic imine (C=N–C) groups is 1. The second-order valence-electron chi connectivity index (χ2n) is 8.91. The third-order valence-corrected chi connectivity index (χ3v) is 7.56. The summed E-state index contributed by atoms with van der Waals surface area (Å²) in [5.41, 5.74) is 3.43. The fourth-order valence-corrected chi connectivity index (χ4v) is 5.40. The monoisotopic (exact) mass is 493 g/mol. The maximum absolute atomic E-state index is 13.1. The average Bonchev–Trinajstić information content (AvgIpc) is 2.97. The zero-order chi connectivity index (χ0) is 24.9. The minimum atomic E-state index is -0.422. The summed E-state index contributed by atoms with van der Waals surface area (Å²) in [5.74, 6) is 0.560. The molecule has 6 rings (SSSR count). The normalized spacial score (nSPS) is 19.2. The first-order chi connectivity index (χ1) is 16.8. The van der Waals surface area contributed by atoms with E-state index in [0.717, 1.165) is 34.4 Å². The van der Waals surface area contributed by atoms with Gasteiger partial charge in [0.15, 0.2) is 22.1 Å². The molecule has 2 bridgehead atoms. The average molecular weight is 494 g/mol. The van der Waals surface area contributed by atoms with E-state index < -0.39 is 11.2 Å². The van der Waals surface area contributed by atoms with Gasteiger partial charge in [0.05, 0.1) is 24.5 Å². The van der Waals surface area contributed by atoms with Gasteiger partial charge in [0.25, 0.3) is 5.56 Å². The van der Waals surface area contributed by atoms with Crippen molar-refractivity contribution >= 4 is 34.4 Å². The van der Waals surface area contributed by atoms with Crippen molar-refractivity contribution in [3.05, 3.63) is 68.0 Å². The van der Waals surface area contributed by atoms with Crippen LogP contribution in [0.3, 0.4) is 0 Å². The SMILES string of the molecule is CCC1=CC2CC(O2)C(CSc2nc3c(c(=O)n(C)c(=O)n3C)n2Cc2ccc(C(C)=O)cc2)=N1. The second kappa shape index (κ2) is 9.09. The highest BCUT2D eigenvalue weighted by atomic mass is 32.2. The summed E-state index contributed by atoms with van der Waals surface area (Å²) in [5, 5.41) is 0.624. The fourth-order valence-electron chi connectivity index (χ4n) is 4.41. The molecule has 0 aliphatic carbocycles. The summed E-state index contributed by atoms with van der Waals surface area (Å²) in [6, 6.07) is 7.31. The molecule has 9 nitrogen and oxygen atoms in total. The molecule has 0 saturated carbocycles. The highest BCUT2D eigenvalue weighted by Gasteiger charge is 2.35.